The molecule has 2 rings (SSSR count). The molecule has 2 aliphatic rings. The molecule has 1 N–H and O–H groups in total. The number of likely N-dealkylation sites (tertiary alicyclic amines) is 1. The van der Waals surface area contributed by atoms with Crippen molar-refractivity contribution in [1.82, 2.24) is 9.80 Å². The van der Waals surface area contributed by atoms with Gasteiger partial charge in [-0.3, -0.25) is 9.69 Å². The summed E-state index contributed by atoms with van der Waals surface area (Å²) in [7, 11) is 2.03. The van der Waals surface area contributed by atoms with E-state index in [-0.39, 0.29) is 24.7 Å². The topological polar surface area (TPSA) is 53.0 Å². The normalized spacial score (nSPS) is 30.0. The number of β-amino-alcohol motifs (C(OH)–C–C–N with tert-alkyl or cyclic N) is 1. The molecule has 0 saturated carbocycles. The molecule has 2 atom stereocenters. The van der Waals surface area contributed by atoms with E-state index >= 15 is 0 Å². The van der Waals surface area contributed by atoms with E-state index in [1.165, 1.54) is 0 Å². The number of carbonyl (C=O) groups is 1. The summed E-state index contributed by atoms with van der Waals surface area (Å²) in [6, 6.07) is -0.0505. The van der Waals surface area contributed by atoms with Gasteiger partial charge in [-0.05, 0) is 45.8 Å². The first-order valence-electron chi connectivity index (χ1n) is 7.34. The van der Waals surface area contributed by atoms with Crippen LogP contribution >= 0.6 is 0 Å². The largest absolute Gasteiger partial charge is 0.461 e. The summed E-state index contributed by atoms with van der Waals surface area (Å²) in [6.45, 7) is 6.08. The van der Waals surface area contributed by atoms with E-state index in [0.29, 0.717) is 5.92 Å². The van der Waals surface area contributed by atoms with Crippen LogP contribution in [0.1, 0.15) is 26.2 Å². The van der Waals surface area contributed by atoms with E-state index in [2.05, 4.69) is 9.80 Å². The number of hydrogen-bond acceptors (Lipinski definition) is 5. The first-order chi connectivity index (χ1) is 9.10. The van der Waals surface area contributed by atoms with E-state index in [1.807, 2.05) is 14.0 Å². The molecule has 0 unspecified atom stereocenters. The minimum Gasteiger partial charge on any atom is -0.461 e. The number of hydrogen-bond donors (Lipinski definition) is 1. The zero-order valence-electron chi connectivity index (χ0n) is 12.0. The third-order valence-corrected chi connectivity index (χ3v) is 4.35. The van der Waals surface area contributed by atoms with E-state index in [4.69, 9.17) is 9.84 Å². The molecule has 2 heterocycles. The fraction of sp³-hybridized carbons (Fsp3) is 0.929. The number of rotatable bonds is 5. The summed E-state index contributed by atoms with van der Waals surface area (Å²) in [5.41, 5.74) is 0. The molecule has 2 aliphatic heterocycles. The molecule has 0 aromatic carbocycles. The van der Waals surface area contributed by atoms with Crippen molar-refractivity contribution in [3.8, 4) is 0 Å². The van der Waals surface area contributed by atoms with E-state index in [9.17, 15) is 4.79 Å². The molecular weight excluding hydrogens is 244 g/mol. The van der Waals surface area contributed by atoms with Crippen LogP contribution in [0.5, 0.6) is 0 Å². The number of carbonyl (C=O) groups excluding carboxylic acids is 1. The van der Waals surface area contributed by atoms with Gasteiger partial charge in [0.15, 0.2) is 0 Å². The number of cyclic esters (lactones) is 1. The van der Waals surface area contributed by atoms with E-state index in [0.717, 1.165) is 45.4 Å². The van der Waals surface area contributed by atoms with Gasteiger partial charge in [-0.1, -0.05) is 0 Å². The molecule has 5 heteroatoms. The lowest BCUT2D eigenvalue weighted by molar-refractivity contribution is -0.144. The average molecular weight is 270 g/mol. The highest BCUT2D eigenvalue weighted by atomic mass is 16.6. The highest BCUT2D eigenvalue weighted by Crippen LogP contribution is 2.23. The van der Waals surface area contributed by atoms with Crippen LogP contribution in [0.4, 0.5) is 0 Å². The molecule has 2 saturated heterocycles. The van der Waals surface area contributed by atoms with Gasteiger partial charge in [-0.2, -0.15) is 0 Å². The Morgan fingerprint density at radius 1 is 1.42 bits per heavy atom. The number of aliphatic hydroxyl groups is 1. The van der Waals surface area contributed by atoms with Gasteiger partial charge in [0, 0.05) is 19.5 Å². The van der Waals surface area contributed by atoms with Crippen LogP contribution in [0.2, 0.25) is 0 Å². The molecule has 2 fully saturated rings. The molecule has 0 bridgehead atoms. The molecular formula is C14H26N2O3. The average Bonchev–Trinajstić information content (AvgIpc) is 2.71. The quantitative estimate of drug-likeness (QED) is 0.730. The van der Waals surface area contributed by atoms with Crippen molar-refractivity contribution in [1.29, 1.82) is 0 Å². The number of esters is 1. The second-order valence-corrected chi connectivity index (χ2v) is 5.95. The van der Waals surface area contributed by atoms with Gasteiger partial charge < -0.3 is 14.7 Å². The maximum atomic E-state index is 11.7. The fourth-order valence-corrected chi connectivity index (χ4v) is 3.16. The highest BCUT2D eigenvalue weighted by Gasteiger charge is 2.35. The molecule has 0 radical (unpaired) electrons. The van der Waals surface area contributed by atoms with Crippen LogP contribution in [-0.2, 0) is 9.53 Å². The minimum absolute atomic E-state index is 0.0505. The van der Waals surface area contributed by atoms with Gasteiger partial charge in [0.1, 0.15) is 12.1 Å². The minimum atomic E-state index is -0.0623. The Morgan fingerprint density at radius 2 is 2.11 bits per heavy atom. The smallest absolute Gasteiger partial charge is 0.323 e. The van der Waals surface area contributed by atoms with Crippen LogP contribution in [0.3, 0.4) is 0 Å². The summed E-state index contributed by atoms with van der Waals surface area (Å²) in [6.07, 6.45) is 3.19. The molecule has 5 nitrogen and oxygen atoms in total. The van der Waals surface area contributed by atoms with E-state index in [1.54, 1.807) is 0 Å². The summed E-state index contributed by atoms with van der Waals surface area (Å²) in [4.78, 5) is 16.2. The summed E-state index contributed by atoms with van der Waals surface area (Å²) in [5, 5.41) is 8.93. The van der Waals surface area contributed by atoms with Gasteiger partial charge in [-0.15, -0.1) is 0 Å². The second-order valence-electron chi connectivity index (χ2n) is 5.95. The molecule has 19 heavy (non-hydrogen) atoms. The number of piperidine rings is 1. The third kappa shape index (κ3) is 3.91. The van der Waals surface area contributed by atoms with Crippen molar-refractivity contribution < 1.29 is 14.6 Å². The van der Waals surface area contributed by atoms with Crippen molar-refractivity contribution in [2.75, 3.05) is 39.8 Å². The Balaban J connectivity index is 1.74. The molecule has 0 aromatic rings. The highest BCUT2D eigenvalue weighted by molar-refractivity contribution is 5.77. The lowest BCUT2D eigenvalue weighted by Crippen LogP contribution is -2.42. The fourth-order valence-electron chi connectivity index (χ4n) is 3.16. The number of nitrogens with zero attached hydrogens (tertiary/aromatic N) is 2. The SMILES string of the molecule is C[C@H]1C[C@@H](N(C)CC2CCN(CCO)CC2)C(=O)O1. The van der Waals surface area contributed by atoms with Crippen molar-refractivity contribution >= 4 is 5.97 Å². The molecule has 0 amide bonds. The standard InChI is InChI=1S/C14H26N2O3/c1-11-9-13(14(18)19-11)15(2)10-12-3-5-16(6-4-12)7-8-17/h11-13,17H,3-10H2,1-2H3/t11-,13+/m0/s1. The van der Waals surface area contributed by atoms with E-state index < -0.39 is 0 Å². The molecule has 0 aliphatic carbocycles. The van der Waals surface area contributed by atoms with Crippen molar-refractivity contribution in [2.45, 2.75) is 38.3 Å². The van der Waals surface area contributed by atoms with Crippen LogP contribution in [-0.4, -0.2) is 72.9 Å². The first kappa shape index (κ1) is 14.8. The Labute approximate surface area is 115 Å². The Kier molecular flexibility index (Phi) is 5.19. The maximum Gasteiger partial charge on any atom is 0.323 e. The van der Waals surface area contributed by atoms with Crippen molar-refractivity contribution in [3.05, 3.63) is 0 Å². The number of aliphatic hydroxyl groups excluding tert-OH is 1. The maximum absolute atomic E-state index is 11.7. The summed E-state index contributed by atoms with van der Waals surface area (Å²) >= 11 is 0. The van der Waals surface area contributed by atoms with Gasteiger partial charge in [0.25, 0.3) is 0 Å². The van der Waals surface area contributed by atoms with Crippen LogP contribution in [0.25, 0.3) is 0 Å². The van der Waals surface area contributed by atoms with Gasteiger partial charge in [-0.25, -0.2) is 0 Å². The predicted octanol–water partition coefficient (Wildman–Crippen LogP) is 0.327. The third-order valence-electron chi connectivity index (χ3n) is 4.35. The first-order valence-corrected chi connectivity index (χ1v) is 7.34. The van der Waals surface area contributed by atoms with Crippen LogP contribution < -0.4 is 0 Å². The molecule has 110 valence electrons. The molecule has 0 aromatic heterocycles. The monoisotopic (exact) mass is 270 g/mol. The summed E-state index contributed by atoms with van der Waals surface area (Å²) < 4.78 is 5.22. The van der Waals surface area contributed by atoms with Gasteiger partial charge in [0.05, 0.1) is 6.61 Å². The number of likely N-dealkylation sites (N-methyl/N-ethyl adjacent to an activating group) is 1. The van der Waals surface area contributed by atoms with Crippen LogP contribution in [0.15, 0.2) is 0 Å². The molecule has 0 spiro atoms. The lowest BCUT2D eigenvalue weighted by atomic mass is 9.95. The zero-order chi connectivity index (χ0) is 13.8. The van der Waals surface area contributed by atoms with Crippen LogP contribution in [0, 0.1) is 5.92 Å². The Morgan fingerprint density at radius 3 is 2.63 bits per heavy atom. The van der Waals surface area contributed by atoms with Gasteiger partial charge >= 0.3 is 5.97 Å². The zero-order valence-corrected chi connectivity index (χ0v) is 12.0. The second kappa shape index (κ2) is 6.68. The van der Waals surface area contributed by atoms with Crippen molar-refractivity contribution in [2.24, 2.45) is 5.92 Å². The van der Waals surface area contributed by atoms with Crippen molar-refractivity contribution in [3.63, 3.8) is 0 Å². The predicted molar refractivity (Wildman–Crippen MR) is 72.8 cm³/mol. The summed E-state index contributed by atoms with van der Waals surface area (Å²) in [5.74, 6) is 0.594. The number of ether oxygens (including phenoxy) is 1. The van der Waals surface area contributed by atoms with Gasteiger partial charge in [0.2, 0.25) is 0 Å². The lowest BCUT2D eigenvalue weighted by Gasteiger charge is -2.34. The Bertz CT molecular complexity index is 303. The Hall–Kier alpha value is -0.650.